The number of unbranched alkanes of at least 4 members (excludes halogenated alkanes) is 1. The van der Waals surface area contributed by atoms with Gasteiger partial charge >= 0.3 is 5.97 Å². The highest BCUT2D eigenvalue weighted by Gasteiger charge is 2.06. The summed E-state index contributed by atoms with van der Waals surface area (Å²) >= 11 is 0. The van der Waals surface area contributed by atoms with E-state index in [0.29, 0.717) is 30.8 Å². The lowest BCUT2D eigenvalue weighted by Gasteiger charge is -2.09. The van der Waals surface area contributed by atoms with Crippen molar-refractivity contribution in [3.8, 4) is 5.88 Å². The van der Waals surface area contributed by atoms with Gasteiger partial charge in [0.15, 0.2) is 0 Å². The van der Waals surface area contributed by atoms with Gasteiger partial charge in [0.25, 0.3) is 5.91 Å². The van der Waals surface area contributed by atoms with E-state index in [4.69, 9.17) is 9.84 Å². The normalized spacial score (nSPS) is 10.3. The van der Waals surface area contributed by atoms with Crippen LogP contribution in [0.1, 0.15) is 43.5 Å². The lowest BCUT2D eigenvalue weighted by atomic mass is 10.2. The molecule has 1 aromatic heterocycles. The molecule has 0 aliphatic rings. The molecule has 6 heteroatoms. The van der Waals surface area contributed by atoms with E-state index in [2.05, 4.69) is 10.3 Å². The number of amides is 1. The third kappa shape index (κ3) is 6.17. The third-order valence-corrected chi connectivity index (χ3v) is 2.46. The lowest BCUT2D eigenvalue weighted by Crippen LogP contribution is -2.24. The summed E-state index contributed by atoms with van der Waals surface area (Å²) in [5, 5.41) is 11.2. The van der Waals surface area contributed by atoms with Crippen LogP contribution >= 0.6 is 0 Å². The molecule has 1 heterocycles. The highest BCUT2D eigenvalue weighted by atomic mass is 16.5. The predicted octanol–water partition coefficient (Wildman–Crippen LogP) is 1.85. The number of carbonyl (C=O) groups excluding carboxylic acids is 1. The minimum Gasteiger partial charge on any atom is -0.481 e. The zero-order valence-corrected chi connectivity index (χ0v) is 11.8. The molecule has 1 amide bonds. The van der Waals surface area contributed by atoms with Crippen molar-refractivity contribution in [2.24, 2.45) is 0 Å². The smallest absolute Gasteiger partial charge is 0.303 e. The summed E-state index contributed by atoms with van der Waals surface area (Å²) in [5.41, 5.74) is 0.458. The number of aromatic nitrogens is 1. The number of hydrogen-bond donors (Lipinski definition) is 2. The highest BCUT2D eigenvalue weighted by molar-refractivity contribution is 5.93. The van der Waals surface area contributed by atoms with Crippen molar-refractivity contribution in [3.05, 3.63) is 23.9 Å². The Hall–Kier alpha value is -2.11. The van der Waals surface area contributed by atoms with Gasteiger partial charge in [-0.15, -0.1) is 0 Å². The number of carboxylic acids is 1. The maximum Gasteiger partial charge on any atom is 0.303 e. The topological polar surface area (TPSA) is 88.5 Å². The fourth-order valence-electron chi connectivity index (χ4n) is 1.53. The molecule has 0 unspecified atom stereocenters. The Morgan fingerprint density at radius 2 is 2.10 bits per heavy atom. The van der Waals surface area contributed by atoms with Crippen molar-refractivity contribution in [1.82, 2.24) is 10.3 Å². The van der Waals surface area contributed by atoms with Crippen molar-refractivity contribution >= 4 is 11.9 Å². The number of nitrogens with one attached hydrogen (secondary N) is 1. The summed E-state index contributed by atoms with van der Waals surface area (Å²) < 4.78 is 5.39. The highest BCUT2D eigenvalue weighted by Crippen LogP contribution is 2.09. The SMILES string of the molecule is CC(C)Oc1ccc(C(=O)NCCCCC(=O)O)cn1. The predicted molar refractivity (Wildman–Crippen MR) is 73.8 cm³/mol. The minimum absolute atomic E-state index is 0.0383. The van der Waals surface area contributed by atoms with Gasteiger partial charge in [-0.1, -0.05) is 0 Å². The molecule has 0 aliphatic heterocycles. The molecule has 1 rings (SSSR count). The molecular formula is C14H20N2O4. The number of ether oxygens (including phenoxy) is 1. The molecule has 20 heavy (non-hydrogen) atoms. The van der Waals surface area contributed by atoms with Gasteiger partial charge in [0, 0.05) is 25.2 Å². The summed E-state index contributed by atoms with van der Waals surface area (Å²) in [5.74, 6) is -0.553. The van der Waals surface area contributed by atoms with E-state index < -0.39 is 5.97 Å². The molecule has 0 spiro atoms. The molecule has 1 aromatic rings. The average Bonchev–Trinajstić information content (AvgIpc) is 2.38. The minimum atomic E-state index is -0.818. The number of hydrogen-bond acceptors (Lipinski definition) is 4. The maximum atomic E-state index is 11.8. The molecule has 6 nitrogen and oxygen atoms in total. The molecule has 0 fully saturated rings. The van der Waals surface area contributed by atoms with Crippen LogP contribution in [-0.2, 0) is 4.79 Å². The zero-order chi connectivity index (χ0) is 15.0. The van der Waals surface area contributed by atoms with Crippen LogP contribution in [0.15, 0.2) is 18.3 Å². The van der Waals surface area contributed by atoms with E-state index >= 15 is 0 Å². The van der Waals surface area contributed by atoms with Crippen molar-refractivity contribution in [3.63, 3.8) is 0 Å². The standard InChI is InChI=1S/C14H20N2O4/c1-10(2)20-12-7-6-11(9-16-12)14(19)15-8-4-3-5-13(17)18/h6-7,9-10H,3-5,8H2,1-2H3,(H,15,19)(H,17,18). The summed E-state index contributed by atoms with van der Waals surface area (Å²) in [6.45, 7) is 4.26. The first-order chi connectivity index (χ1) is 9.49. The Kier molecular flexibility index (Phi) is 6.49. The Bertz CT molecular complexity index is 443. The molecule has 110 valence electrons. The number of pyridine rings is 1. The molecule has 2 N–H and O–H groups in total. The van der Waals surface area contributed by atoms with E-state index in [1.165, 1.54) is 6.20 Å². The van der Waals surface area contributed by atoms with Gasteiger partial charge in [-0.2, -0.15) is 0 Å². The first kappa shape index (κ1) is 15.9. The van der Waals surface area contributed by atoms with Gasteiger partial charge in [-0.05, 0) is 32.8 Å². The van der Waals surface area contributed by atoms with E-state index in [0.717, 1.165) is 0 Å². The maximum absolute atomic E-state index is 11.8. The number of carboxylic acid groups (broad SMARTS) is 1. The van der Waals surface area contributed by atoms with Crippen molar-refractivity contribution in [1.29, 1.82) is 0 Å². The van der Waals surface area contributed by atoms with Gasteiger partial charge in [0.05, 0.1) is 11.7 Å². The first-order valence-corrected chi connectivity index (χ1v) is 6.61. The Labute approximate surface area is 118 Å². The van der Waals surface area contributed by atoms with Crippen molar-refractivity contribution < 1.29 is 19.4 Å². The van der Waals surface area contributed by atoms with Crippen LogP contribution in [0.3, 0.4) is 0 Å². The number of aliphatic carboxylic acids is 1. The molecular weight excluding hydrogens is 260 g/mol. The second-order valence-electron chi connectivity index (χ2n) is 4.66. The van der Waals surface area contributed by atoms with Crippen LogP contribution in [0.5, 0.6) is 5.88 Å². The van der Waals surface area contributed by atoms with E-state index in [1.807, 2.05) is 13.8 Å². The van der Waals surface area contributed by atoms with Gasteiger partial charge in [0.2, 0.25) is 5.88 Å². The second-order valence-corrected chi connectivity index (χ2v) is 4.66. The number of nitrogens with zero attached hydrogens (tertiary/aromatic N) is 1. The molecule has 0 atom stereocenters. The quantitative estimate of drug-likeness (QED) is 0.709. The molecule has 0 radical (unpaired) electrons. The third-order valence-electron chi connectivity index (χ3n) is 2.46. The fraction of sp³-hybridized carbons (Fsp3) is 0.500. The summed E-state index contributed by atoms with van der Waals surface area (Å²) in [6.07, 6.45) is 2.81. The Morgan fingerprint density at radius 1 is 1.35 bits per heavy atom. The van der Waals surface area contributed by atoms with Crippen LogP contribution in [0.25, 0.3) is 0 Å². The second kappa shape index (κ2) is 8.14. The van der Waals surface area contributed by atoms with E-state index in [1.54, 1.807) is 12.1 Å². The van der Waals surface area contributed by atoms with Gasteiger partial charge in [-0.25, -0.2) is 4.98 Å². The van der Waals surface area contributed by atoms with Gasteiger partial charge < -0.3 is 15.2 Å². The van der Waals surface area contributed by atoms with Crippen LogP contribution < -0.4 is 10.1 Å². The van der Waals surface area contributed by atoms with E-state index in [-0.39, 0.29) is 18.4 Å². The molecule has 0 bridgehead atoms. The largest absolute Gasteiger partial charge is 0.481 e. The Balaban J connectivity index is 2.34. The van der Waals surface area contributed by atoms with Crippen LogP contribution in [0.2, 0.25) is 0 Å². The summed E-state index contributed by atoms with van der Waals surface area (Å²) in [7, 11) is 0. The molecule has 0 saturated carbocycles. The van der Waals surface area contributed by atoms with E-state index in [9.17, 15) is 9.59 Å². The zero-order valence-electron chi connectivity index (χ0n) is 11.8. The van der Waals surface area contributed by atoms with Crippen LogP contribution in [0.4, 0.5) is 0 Å². The van der Waals surface area contributed by atoms with Crippen molar-refractivity contribution in [2.45, 2.75) is 39.2 Å². The monoisotopic (exact) mass is 280 g/mol. The van der Waals surface area contributed by atoms with Gasteiger partial charge in [0.1, 0.15) is 0 Å². The molecule has 0 aromatic carbocycles. The van der Waals surface area contributed by atoms with Crippen LogP contribution in [0, 0.1) is 0 Å². The lowest BCUT2D eigenvalue weighted by molar-refractivity contribution is -0.137. The summed E-state index contributed by atoms with van der Waals surface area (Å²) in [4.78, 5) is 26.1. The first-order valence-electron chi connectivity index (χ1n) is 6.61. The fourth-order valence-corrected chi connectivity index (χ4v) is 1.53. The van der Waals surface area contributed by atoms with Crippen molar-refractivity contribution in [2.75, 3.05) is 6.54 Å². The van der Waals surface area contributed by atoms with Crippen LogP contribution in [-0.4, -0.2) is 34.6 Å². The Morgan fingerprint density at radius 3 is 2.65 bits per heavy atom. The molecule has 0 aliphatic carbocycles. The number of carbonyl (C=O) groups is 2. The summed E-state index contributed by atoms with van der Waals surface area (Å²) in [6, 6.07) is 3.30. The van der Waals surface area contributed by atoms with Gasteiger partial charge in [-0.3, -0.25) is 9.59 Å². The number of rotatable bonds is 8. The average molecular weight is 280 g/mol. The molecule has 0 saturated heterocycles.